The average molecular weight is 409 g/mol. The number of ether oxygens (including phenoxy) is 2. The Bertz CT molecular complexity index is 1050. The van der Waals surface area contributed by atoms with Gasteiger partial charge in [0.25, 0.3) is 0 Å². The molecule has 0 aliphatic carbocycles. The molecule has 3 aromatic rings. The molecule has 1 amide bonds. The number of nitrogens with one attached hydrogen (secondary N) is 1. The zero-order chi connectivity index (χ0) is 21.9. The van der Waals surface area contributed by atoms with E-state index in [1.807, 2.05) is 75.2 Å². The van der Waals surface area contributed by atoms with Crippen molar-refractivity contribution in [2.24, 2.45) is 0 Å². The van der Waals surface area contributed by atoms with Gasteiger partial charge in [0.15, 0.2) is 17.3 Å². The molecule has 0 unspecified atom stereocenters. The van der Waals surface area contributed by atoms with Crippen LogP contribution < -0.4 is 19.7 Å². The van der Waals surface area contributed by atoms with Crippen molar-refractivity contribution in [3.63, 3.8) is 0 Å². The molecule has 1 N–H and O–H groups in total. The normalized spacial score (nSPS) is 11.3. The van der Waals surface area contributed by atoms with Gasteiger partial charge < -0.3 is 19.7 Å². The van der Waals surface area contributed by atoms with Crippen molar-refractivity contribution < 1.29 is 14.3 Å². The van der Waals surface area contributed by atoms with E-state index >= 15 is 0 Å². The van der Waals surface area contributed by atoms with E-state index in [4.69, 9.17) is 19.4 Å². The fourth-order valence-electron chi connectivity index (χ4n) is 3.19. The van der Waals surface area contributed by atoms with Crippen molar-refractivity contribution >= 4 is 22.6 Å². The molecule has 158 valence electrons. The Morgan fingerprint density at radius 2 is 1.67 bits per heavy atom. The summed E-state index contributed by atoms with van der Waals surface area (Å²) in [5.74, 6) is 2.30. The highest BCUT2D eigenvalue weighted by atomic mass is 16.5. The molecule has 0 saturated heterocycles. The minimum Gasteiger partial charge on any atom is -0.493 e. The van der Waals surface area contributed by atoms with Crippen LogP contribution in [0.4, 0.5) is 5.82 Å². The predicted octanol–water partition coefficient (Wildman–Crippen LogP) is 3.66. The molecule has 1 heterocycles. The summed E-state index contributed by atoms with van der Waals surface area (Å²) < 4.78 is 10.9. The zero-order valence-corrected chi connectivity index (χ0v) is 18.3. The van der Waals surface area contributed by atoms with Crippen molar-refractivity contribution in [2.45, 2.75) is 26.3 Å². The van der Waals surface area contributed by atoms with Gasteiger partial charge in [0.1, 0.15) is 5.82 Å². The first kappa shape index (κ1) is 21.4. The van der Waals surface area contributed by atoms with Crippen LogP contribution in [0.3, 0.4) is 0 Å². The van der Waals surface area contributed by atoms with Crippen LogP contribution in [-0.4, -0.2) is 49.2 Å². The standard InChI is InChI=1S/C23H28N4O3/c1-23(2,3)26-20(28)14-27(4)22-16-12-18(29-5)19(30-6)13-17(16)24-21(25-22)15-10-8-7-9-11-15/h7-13H,14H2,1-6H3,(H,26,28). The second kappa shape index (κ2) is 8.57. The summed E-state index contributed by atoms with van der Waals surface area (Å²) in [6.07, 6.45) is 0. The lowest BCUT2D eigenvalue weighted by Gasteiger charge is -2.25. The van der Waals surface area contributed by atoms with E-state index in [2.05, 4.69) is 5.32 Å². The summed E-state index contributed by atoms with van der Waals surface area (Å²) in [6, 6.07) is 13.4. The zero-order valence-electron chi connectivity index (χ0n) is 18.3. The van der Waals surface area contributed by atoms with Gasteiger partial charge in [-0.05, 0) is 26.8 Å². The van der Waals surface area contributed by atoms with Gasteiger partial charge in [0.2, 0.25) is 5.91 Å². The summed E-state index contributed by atoms with van der Waals surface area (Å²) in [5, 5.41) is 3.76. The molecule has 7 heteroatoms. The van der Waals surface area contributed by atoms with Crippen molar-refractivity contribution in [1.82, 2.24) is 15.3 Å². The van der Waals surface area contributed by atoms with Crippen molar-refractivity contribution in [2.75, 3.05) is 32.7 Å². The first-order valence-electron chi connectivity index (χ1n) is 9.73. The fourth-order valence-corrected chi connectivity index (χ4v) is 3.19. The van der Waals surface area contributed by atoms with E-state index in [-0.39, 0.29) is 18.0 Å². The van der Waals surface area contributed by atoms with E-state index in [1.165, 1.54) is 0 Å². The highest BCUT2D eigenvalue weighted by Crippen LogP contribution is 2.36. The summed E-state index contributed by atoms with van der Waals surface area (Å²) in [7, 11) is 5.02. The molecule has 0 spiro atoms. The van der Waals surface area contributed by atoms with Crippen molar-refractivity contribution in [1.29, 1.82) is 0 Å². The molecule has 0 radical (unpaired) electrons. The number of carbonyl (C=O) groups is 1. The number of benzene rings is 2. The highest BCUT2D eigenvalue weighted by Gasteiger charge is 2.20. The number of hydrogen-bond acceptors (Lipinski definition) is 6. The Morgan fingerprint density at radius 3 is 2.27 bits per heavy atom. The van der Waals surface area contributed by atoms with Gasteiger partial charge in [0.05, 0.1) is 26.3 Å². The highest BCUT2D eigenvalue weighted by molar-refractivity contribution is 5.95. The van der Waals surface area contributed by atoms with Crippen LogP contribution in [0.1, 0.15) is 20.8 Å². The topological polar surface area (TPSA) is 76.6 Å². The summed E-state index contributed by atoms with van der Waals surface area (Å²) in [5.41, 5.74) is 1.29. The number of nitrogens with zero attached hydrogens (tertiary/aromatic N) is 3. The number of anilines is 1. The van der Waals surface area contributed by atoms with Gasteiger partial charge >= 0.3 is 0 Å². The van der Waals surface area contributed by atoms with E-state index < -0.39 is 0 Å². The largest absolute Gasteiger partial charge is 0.493 e. The van der Waals surface area contributed by atoms with Gasteiger partial charge in [-0.3, -0.25) is 4.79 Å². The van der Waals surface area contributed by atoms with Gasteiger partial charge in [-0.1, -0.05) is 30.3 Å². The maximum atomic E-state index is 12.5. The number of hydrogen-bond donors (Lipinski definition) is 1. The van der Waals surface area contributed by atoms with Gasteiger partial charge in [0, 0.05) is 29.6 Å². The van der Waals surface area contributed by atoms with E-state index in [1.54, 1.807) is 14.2 Å². The van der Waals surface area contributed by atoms with E-state index in [9.17, 15) is 4.79 Å². The number of aromatic nitrogens is 2. The second-order valence-electron chi connectivity index (χ2n) is 8.12. The predicted molar refractivity (Wildman–Crippen MR) is 119 cm³/mol. The van der Waals surface area contributed by atoms with Crippen molar-refractivity contribution in [3.8, 4) is 22.9 Å². The third-order valence-electron chi connectivity index (χ3n) is 4.47. The quantitative estimate of drug-likeness (QED) is 0.671. The van der Waals surface area contributed by atoms with Crippen LogP contribution in [-0.2, 0) is 4.79 Å². The van der Waals surface area contributed by atoms with Crippen LogP contribution in [0, 0.1) is 0 Å². The number of rotatable bonds is 6. The van der Waals surface area contributed by atoms with Crippen molar-refractivity contribution in [3.05, 3.63) is 42.5 Å². The van der Waals surface area contributed by atoms with Crippen LogP contribution in [0.15, 0.2) is 42.5 Å². The molecule has 0 bridgehead atoms. The minimum absolute atomic E-state index is 0.0847. The molecule has 7 nitrogen and oxygen atoms in total. The molecule has 2 aromatic carbocycles. The van der Waals surface area contributed by atoms with Crippen LogP contribution in [0.25, 0.3) is 22.3 Å². The molecular formula is C23H28N4O3. The third-order valence-corrected chi connectivity index (χ3v) is 4.47. The lowest BCUT2D eigenvalue weighted by atomic mass is 10.1. The summed E-state index contributed by atoms with van der Waals surface area (Å²) in [6.45, 7) is 6.02. The lowest BCUT2D eigenvalue weighted by molar-refractivity contribution is -0.121. The van der Waals surface area contributed by atoms with Crippen LogP contribution >= 0.6 is 0 Å². The minimum atomic E-state index is -0.308. The SMILES string of the molecule is COc1cc2nc(-c3ccccc3)nc(N(C)CC(=O)NC(C)(C)C)c2cc1OC. The number of methoxy groups -OCH3 is 2. The molecule has 0 saturated carbocycles. The average Bonchev–Trinajstić information content (AvgIpc) is 2.70. The summed E-state index contributed by atoms with van der Waals surface area (Å²) in [4.78, 5) is 23.9. The number of likely N-dealkylation sites (N-methyl/N-ethyl adjacent to an activating group) is 1. The monoisotopic (exact) mass is 408 g/mol. The first-order chi connectivity index (χ1) is 14.2. The second-order valence-corrected chi connectivity index (χ2v) is 8.12. The Hall–Kier alpha value is -3.35. The molecule has 1 aromatic heterocycles. The number of amides is 1. The molecule has 0 aliphatic rings. The molecule has 30 heavy (non-hydrogen) atoms. The maximum Gasteiger partial charge on any atom is 0.239 e. The van der Waals surface area contributed by atoms with Crippen LogP contribution in [0.2, 0.25) is 0 Å². The Kier molecular flexibility index (Phi) is 6.10. The van der Waals surface area contributed by atoms with E-state index in [0.29, 0.717) is 28.7 Å². The molecule has 0 fully saturated rings. The van der Waals surface area contributed by atoms with Gasteiger partial charge in [-0.25, -0.2) is 9.97 Å². The third kappa shape index (κ3) is 4.79. The van der Waals surface area contributed by atoms with E-state index in [0.717, 1.165) is 10.9 Å². The first-order valence-corrected chi connectivity index (χ1v) is 9.73. The molecule has 0 aliphatic heterocycles. The smallest absolute Gasteiger partial charge is 0.239 e. The Balaban J connectivity index is 2.13. The number of carbonyl (C=O) groups excluding carboxylic acids is 1. The Morgan fingerprint density at radius 1 is 1.03 bits per heavy atom. The molecule has 3 rings (SSSR count). The molecular weight excluding hydrogens is 380 g/mol. The van der Waals surface area contributed by atoms with Crippen LogP contribution in [0.5, 0.6) is 11.5 Å². The number of fused-ring (bicyclic) bond motifs is 1. The summed E-state index contributed by atoms with van der Waals surface area (Å²) >= 11 is 0. The van der Waals surface area contributed by atoms with Gasteiger partial charge in [-0.2, -0.15) is 0 Å². The fraction of sp³-hybridized carbons (Fsp3) is 0.348. The molecule has 0 atom stereocenters. The lowest BCUT2D eigenvalue weighted by Crippen LogP contribution is -2.45. The Labute approximate surface area is 177 Å². The maximum absolute atomic E-state index is 12.5. The van der Waals surface area contributed by atoms with Gasteiger partial charge in [-0.15, -0.1) is 0 Å².